The number of carbonyl (C=O) groups excluding carboxylic acids is 2. The van der Waals surface area contributed by atoms with Crippen LogP contribution in [-0.4, -0.2) is 28.5 Å². The van der Waals surface area contributed by atoms with Gasteiger partial charge in [-0.1, -0.05) is 11.3 Å². The van der Waals surface area contributed by atoms with Crippen molar-refractivity contribution in [1.29, 1.82) is 0 Å². The van der Waals surface area contributed by atoms with Crippen LogP contribution in [0.5, 0.6) is 0 Å². The lowest BCUT2D eigenvalue weighted by Crippen LogP contribution is -2.12. The van der Waals surface area contributed by atoms with E-state index < -0.39 is 23.6 Å². The van der Waals surface area contributed by atoms with Gasteiger partial charge in [-0.05, 0) is 38.1 Å². The number of amides is 1. The van der Waals surface area contributed by atoms with Gasteiger partial charge in [0.1, 0.15) is 11.1 Å². The van der Waals surface area contributed by atoms with Crippen molar-refractivity contribution in [3.63, 3.8) is 0 Å². The zero-order valence-corrected chi connectivity index (χ0v) is 16.0. The lowest BCUT2D eigenvalue weighted by Gasteiger charge is -2.05. The molecule has 0 aliphatic carbocycles. The van der Waals surface area contributed by atoms with E-state index in [1.54, 1.807) is 13.8 Å². The van der Waals surface area contributed by atoms with E-state index in [1.165, 1.54) is 12.1 Å². The van der Waals surface area contributed by atoms with Crippen LogP contribution in [0.4, 0.5) is 18.3 Å². The lowest BCUT2D eigenvalue weighted by molar-refractivity contribution is -0.137. The Labute approximate surface area is 166 Å². The maximum absolute atomic E-state index is 12.6. The molecule has 11 heteroatoms. The summed E-state index contributed by atoms with van der Waals surface area (Å²) in [6.45, 7) is 3.50. The number of hydrogen-bond acceptors (Lipinski definition) is 7. The van der Waals surface area contributed by atoms with Crippen molar-refractivity contribution in [3.8, 4) is 11.5 Å². The molecule has 7 nitrogen and oxygen atoms in total. The minimum absolute atomic E-state index is 0.00796. The Kier molecular flexibility index (Phi) is 5.69. The number of thiazole rings is 1. The number of ether oxygens (including phenoxy) is 1. The molecule has 2 aromatic heterocycles. The second-order valence-corrected chi connectivity index (χ2v) is 6.72. The number of aromatic nitrogens is 2. The molecule has 0 saturated heterocycles. The molecule has 0 atom stereocenters. The van der Waals surface area contributed by atoms with Crippen LogP contribution < -0.4 is 5.32 Å². The molecule has 3 aromatic rings. The number of aryl methyl sites for hydroxylation is 1. The van der Waals surface area contributed by atoms with Crippen molar-refractivity contribution in [3.05, 3.63) is 52.4 Å². The highest BCUT2D eigenvalue weighted by molar-refractivity contribution is 7.17. The van der Waals surface area contributed by atoms with Crippen molar-refractivity contribution in [2.45, 2.75) is 20.0 Å². The van der Waals surface area contributed by atoms with E-state index in [1.807, 2.05) is 0 Å². The first-order chi connectivity index (χ1) is 13.7. The van der Waals surface area contributed by atoms with Crippen LogP contribution in [0, 0.1) is 6.92 Å². The summed E-state index contributed by atoms with van der Waals surface area (Å²) in [7, 11) is 0. The predicted octanol–water partition coefficient (Wildman–Crippen LogP) is 4.55. The lowest BCUT2D eigenvalue weighted by atomic mass is 10.1. The topological polar surface area (TPSA) is 94.3 Å². The maximum Gasteiger partial charge on any atom is 0.416 e. The minimum Gasteiger partial charge on any atom is -0.462 e. The maximum atomic E-state index is 12.6. The van der Waals surface area contributed by atoms with Crippen LogP contribution in [0.1, 0.15) is 38.3 Å². The van der Waals surface area contributed by atoms with Crippen LogP contribution in [-0.2, 0) is 10.9 Å². The zero-order chi connectivity index (χ0) is 21.2. The first-order valence-electron chi connectivity index (χ1n) is 8.28. The summed E-state index contributed by atoms with van der Waals surface area (Å²) in [5, 5.41) is 2.68. The predicted molar refractivity (Wildman–Crippen MR) is 97.7 cm³/mol. The Balaban J connectivity index is 1.73. The van der Waals surface area contributed by atoms with Crippen molar-refractivity contribution < 1.29 is 31.9 Å². The third-order valence-electron chi connectivity index (χ3n) is 3.67. The summed E-state index contributed by atoms with van der Waals surface area (Å²) >= 11 is 0.955. The molecule has 0 bridgehead atoms. The fraction of sp³-hybridized carbons (Fsp3) is 0.222. The summed E-state index contributed by atoms with van der Waals surface area (Å²) < 4.78 is 48.0. The largest absolute Gasteiger partial charge is 0.462 e. The number of hydrogen-bond donors (Lipinski definition) is 1. The Morgan fingerprint density at radius 1 is 1.21 bits per heavy atom. The number of benzene rings is 1. The molecular formula is C18H14F3N3O4S. The first kappa shape index (κ1) is 20.5. The van der Waals surface area contributed by atoms with Gasteiger partial charge in [0.25, 0.3) is 5.91 Å². The molecule has 0 radical (unpaired) electrons. The number of alkyl halides is 3. The molecule has 29 heavy (non-hydrogen) atoms. The van der Waals surface area contributed by atoms with Gasteiger partial charge in [0.05, 0.1) is 17.9 Å². The van der Waals surface area contributed by atoms with Gasteiger partial charge >= 0.3 is 12.1 Å². The molecule has 1 aromatic carbocycles. The number of nitrogens with one attached hydrogen (secondary N) is 1. The standard InChI is InChI=1S/C18H14F3N3O4S/c1-3-27-16(26)13-9(2)22-17(29-13)24-14(25)12-8-28-15(23-12)10-4-6-11(7-5-10)18(19,20)21/h4-8H,3H2,1-2H3,(H,22,24,25). The molecule has 0 aliphatic heterocycles. The number of nitrogens with zero attached hydrogens (tertiary/aromatic N) is 2. The highest BCUT2D eigenvalue weighted by Crippen LogP contribution is 2.31. The summed E-state index contributed by atoms with van der Waals surface area (Å²) in [6, 6.07) is 4.20. The van der Waals surface area contributed by atoms with E-state index in [4.69, 9.17) is 9.15 Å². The van der Waals surface area contributed by atoms with Gasteiger partial charge in [-0.15, -0.1) is 0 Å². The highest BCUT2D eigenvalue weighted by Gasteiger charge is 2.30. The van der Waals surface area contributed by atoms with Gasteiger partial charge in [0, 0.05) is 5.56 Å². The average molecular weight is 425 g/mol. The second kappa shape index (κ2) is 8.03. The van der Waals surface area contributed by atoms with Crippen LogP contribution in [0.15, 0.2) is 34.9 Å². The number of carbonyl (C=O) groups is 2. The number of oxazole rings is 1. The third kappa shape index (κ3) is 4.62. The molecular weight excluding hydrogens is 411 g/mol. The highest BCUT2D eigenvalue weighted by atomic mass is 32.1. The molecule has 2 heterocycles. The number of rotatable bonds is 5. The van der Waals surface area contributed by atoms with Crippen LogP contribution in [0.25, 0.3) is 11.5 Å². The fourth-order valence-electron chi connectivity index (χ4n) is 2.31. The number of halogens is 3. The summed E-state index contributed by atoms with van der Waals surface area (Å²) in [6.07, 6.45) is -3.37. The van der Waals surface area contributed by atoms with Gasteiger partial charge in [0.2, 0.25) is 5.89 Å². The Hall–Kier alpha value is -3.21. The first-order valence-corrected chi connectivity index (χ1v) is 9.09. The molecule has 3 rings (SSSR count). The third-order valence-corrected chi connectivity index (χ3v) is 4.73. The molecule has 1 N–H and O–H groups in total. The van der Waals surface area contributed by atoms with Crippen LogP contribution in [0.2, 0.25) is 0 Å². The Morgan fingerprint density at radius 2 is 1.90 bits per heavy atom. The van der Waals surface area contributed by atoms with Crippen LogP contribution in [0.3, 0.4) is 0 Å². The second-order valence-electron chi connectivity index (χ2n) is 5.72. The van der Waals surface area contributed by atoms with E-state index in [0.717, 1.165) is 29.7 Å². The summed E-state index contributed by atoms with van der Waals surface area (Å²) in [5.74, 6) is -1.18. The van der Waals surface area contributed by atoms with Crippen molar-refractivity contribution >= 4 is 28.3 Å². The quantitative estimate of drug-likeness (QED) is 0.603. The fourth-order valence-corrected chi connectivity index (χ4v) is 3.16. The van der Waals surface area contributed by atoms with Gasteiger partial charge in [-0.3, -0.25) is 10.1 Å². The number of esters is 1. The SMILES string of the molecule is CCOC(=O)c1sc(NC(=O)c2coc(-c3ccc(C(F)(F)F)cc3)n2)nc1C. The molecule has 0 saturated carbocycles. The van der Waals surface area contributed by atoms with E-state index in [0.29, 0.717) is 5.69 Å². The number of anilines is 1. The van der Waals surface area contributed by atoms with Crippen molar-refractivity contribution in [2.24, 2.45) is 0 Å². The zero-order valence-electron chi connectivity index (χ0n) is 15.2. The smallest absolute Gasteiger partial charge is 0.416 e. The van der Waals surface area contributed by atoms with E-state index in [-0.39, 0.29) is 33.8 Å². The molecule has 152 valence electrons. The summed E-state index contributed by atoms with van der Waals surface area (Å²) in [4.78, 5) is 32.5. The van der Waals surface area contributed by atoms with Crippen molar-refractivity contribution in [2.75, 3.05) is 11.9 Å². The average Bonchev–Trinajstić information content (AvgIpc) is 3.28. The van der Waals surface area contributed by atoms with Gasteiger partial charge in [-0.25, -0.2) is 14.8 Å². The normalized spacial score (nSPS) is 11.3. The van der Waals surface area contributed by atoms with E-state index >= 15 is 0 Å². The van der Waals surface area contributed by atoms with E-state index in [2.05, 4.69) is 15.3 Å². The van der Waals surface area contributed by atoms with Gasteiger partial charge in [0.15, 0.2) is 10.8 Å². The molecule has 0 aliphatic rings. The molecule has 0 fully saturated rings. The van der Waals surface area contributed by atoms with Gasteiger partial charge < -0.3 is 9.15 Å². The molecule has 0 spiro atoms. The minimum atomic E-state index is -4.45. The Morgan fingerprint density at radius 3 is 2.52 bits per heavy atom. The Bertz CT molecular complexity index is 1040. The molecule has 1 amide bonds. The van der Waals surface area contributed by atoms with Crippen molar-refractivity contribution in [1.82, 2.24) is 9.97 Å². The van der Waals surface area contributed by atoms with Crippen LogP contribution >= 0.6 is 11.3 Å². The summed E-state index contributed by atoms with van der Waals surface area (Å²) in [5.41, 5.74) is -0.200. The monoisotopic (exact) mass is 425 g/mol. The molecule has 0 unspecified atom stereocenters. The van der Waals surface area contributed by atoms with E-state index in [9.17, 15) is 22.8 Å². The van der Waals surface area contributed by atoms with Gasteiger partial charge in [-0.2, -0.15) is 13.2 Å².